The summed E-state index contributed by atoms with van der Waals surface area (Å²) < 4.78 is 16.6. The highest BCUT2D eigenvalue weighted by atomic mass is 19.1. The average Bonchev–Trinajstić information content (AvgIpc) is 3.39. The first-order valence-electron chi connectivity index (χ1n) is 8.49. The van der Waals surface area contributed by atoms with Crippen LogP contribution >= 0.6 is 0 Å². The Kier molecular flexibility index (Phi) is 4.63. The van der Waals surface area contributed by atoms with Crippen LogP contribution in [0.2, 0.25) is 0 Å². The standard InChI is InChI=1S/C19H16FN7O/c1-26-10-9-21-18(26)17(13-5-7-15(20)8-6-13)23-19(28)14-3-2-4-16(11-14)27-12-22-24-25-27/h2-12,17H,1H3,(H,23,28)/t17-/m1/s1. The van der Waals surface area contributed by atoms with Gasteiger partial charge in [0.25, 0.3) is 5.91 Å². The zero-order valence-corrected chi connectivity index (χ0v) is 14.9. The minimum Gasteiger partial charge on any atom is -0.338 e. The lowest BCUT2D eigenvalue weighted by Crippen LogP contribution is -2.31. The predicted molar refractivity (Wildman–Crippen MR) is 98.1 cm³/mol. The van der Waals surface area contributed by atoms with Crippen LogP contribution in [0.1, 0.15) is 27.8 Å². The van der Waals surface area contributed by atoms with Crippen molar-refractivity contribution >= 4 is 5.91 Å². The summed E-state index contributed by atoms with van der Waals surface area (Å²) in [5.74, 6) is -0.00773. The van der Waals surface area contributed by atoms with Gasteiger partial charge in [-0.25, -0.2) is 14.1 Å². The predicted octanol–water partition coefficient (Wildman–Crippen LogP) is 2.05. The molecule has 0 saturated heterocycles. The fourth-order valence-corrected chi connectivity index (χ4v) is 2.89. The first-order valence-corrected chi connectivity index (χ1v) is 8.49. The van der Waals surface area contributed by atoms with E-state index in [2.05, 4.69) is 25.8 Å². The van der Waals surface area contributed by atoms with E-state index in [4.69, 9.17) is 0 Å². The maximum Gasteiger partial charge on any atom is 0.252 e. The molecule has 0 unspecified atom stereocenters. The van der Waals surface area contributed by atoms with Crippen LogP contribution in [0.3, 0.4) is 0 Å². The molecule has 0 saturated carbocycles. The van der Waals surface area contributed by atoms with E-state index in [-0.39, 0.29) is 11.7 Å². The van der Waals surface area contributed by atoms with Gasteiger partial charge >= 0.3 is 0 Å². The van der Waals surface area contributed by atoms with Gasteiger partial charge in [-0.3, -0.25) is 4.79 Å². The molecule has 4 aromatic rings. The number of tetrazole rings is 1. The molecule has 140 valence electrons. The van der Waals surface area contributed by atoms with Gasteiger partial charge in [-0.05, 0) is 46.3 Å². The van der Waals surface area contributed by atoms with Crippen molar-refractivity contribution in [2.45, 2.75) is 6.04 Å². The number of hydrogen-bond acceptors (Lipinski definition) is 5. The van der Waals surface area contributed by atoms with Crippen molar-refractivity contribution in [2.24, 2.45) is 7.05 Å². The Morgan fingerprint density at radius 1 is 1.18 bits per heavy atom. The number of aromatic nitrogens is 6. The normalized spacial score (nSPS) is 11.9. The summed E-state index contributed by atoms with van der Waals surface area (Å²) in [5, 5.41) is 14.0. The number of amides is 1. The van der Waals surface area contributed by atoms with E-state index in [9.17, 15) is 9.18 Å². The van der Waals surface area contributed by atoms with E-state index in [0.29, 0.717) is 17.1 Å². The summed E-state index contributed by atoms with van der Waals surface area (Å²) in [4.78, 5) is 17.3. The molecule has 0 aliphatic rings. The van der Waals surface area contributed by atoms with Gasteiger partial charge in [0, 0.05) is 25.0 Å². The van der Waals surface area contributed by atoms with Gasteiger partial charge in [0.2, 0.25) is 0 Å². The number of carbonyl (C=O) groups excluding carboxylic acids is 1. The summed E-state index contributed by atoms with van der Waals surface area (Å²) in [6.45, 7) is 0. The number of rotatable bonds is 5. The van der Waals surface area contributed by atoms with Crippen molar-refractivity contribution in [3.8, 4) is 5.69 Å². The quantitative estimate of drug-likeness (QED) is 0.575. The van der Waals surface area contributed by atoms with E-state index in [1.807, 2.05) is 11.6 Å². The van der Waals surface area contributed by atoms with Crippen LogP contribution in [0.5, 0.6) is 0 Å². The lowest BCUT2D eigenvalue weighted by atomic mass is 10.0. The molecular formula is C19H16FN7O. The van der Waals surface area contributed by atoms with Crippen LogP contribution in [-0.2, 0) is 7.05 Å². The second kappa shape index (κ2) is 7.39. The molecule has 0 aliphatic heterocycles. The summed E-state index contributed by atoms with van der Waals surface area (Å²) in [6, 6.07) is 12.4. The van der Waals surface area contributed by atoms with Crippen LogP contribution in [0, 0.1) is 5.82 Å². The summed E-state index contributed by atoms with van der Waals surface area (Å²) in [5.41, 5.74) is 1.82. The summed E-state index contributed by atoms with van der Waals surface area (Å²) >= 11 is 0. The summed E-state index contributed by atoms with van der Waals surface area (Å²) in [6.07, 6.45) is 4.89. The lowest BCUT2D eigenvalue weighted by molar-refractivity contribution is 0.0941. The van der Waals surface area contributed by atoms with Crippen LogP contribution < -0.4 is 5.32 Å². The molecule has 0 fully saturated rings. The minimum absolute atomic E-state index is 0.299. The number of nitrogens with zero attached hydrogens (tertiary/aromatic N) is 6. The first-order chi connectivity index (χ1) is 13.6. The average molecular weight is 377 g/mol. The zero-order valence-electron chi connectivity index (χ0n) is 14.9. The number of halogens is 1. The van der Waals surface area contributed by atoms with Crippen LogP contribution in [-0.4, -0.2) is 35.7 Å². The Morgan fingerprint density at radius 2 is 2.00 bits per heavy atom. The number of aryl methyl sites for hydroxylation is 1. The monoisotopic (exact) mass is 377 g/mol. The molecule has 0 aliphatic carbocycles. The van der Waals surface area contributed by atoms with Crippen molar-refractivity contribution in [3.63, 3.8) is 0 Å². The highest BCUT2D eigenvalue weighted by molar-refractivity contribution is 5.95. The fourth-order valence-electron chi connectivity index (χ4n) is 2.89. The third-order valence-corrected chi connectivity index (χ3v) is 4.32. The molecule has 1 amide bonds. The molecule has 2 heterocycles. The third-order valence-electron chi connectivity index (χ3n) is 4.32. The lowest BCUT2D eigenvalue weighted by Gasteiger charge is -2.19. The number of imidazole rings is 1. The highest BCUT2D eigenvalue weighted by Gasteiger charge is 2.21. The second-order valence-electron chi connectivity index (χ2n) is 6.16. The molecule has 8 nitrogen and oxygen atoms in total. The Bertz CT molecular complexity index is 1090. The molecule has 28 heavy (non-hydrogen) atoms. The number of nitrogens with one attached hydrogen (secondary N) is 1. The van der Waals surface area contributed by atoms with Crippen molar-refractivity contribution < 1.29 is 9.18 Å². The number of hydrogen-bond donors (Lipinski definition) is 1. The molecule has 4 rings (SSSR count). The van der Waals surface area contributed by atoms with Crippen LogP contribution in [0.4, 0.5) is 4.39 Å². The van der Waals surface area contributed by atoms with Gasteiger partial charge in [-0.15, -0.1) is 5.10 Å². The van der Waals surface area contributed by atoms with E-state index in [0.717, 1.165) is 5.56 Å². The molecule has 2 aromatic heterocycles. The Balaban J connectivity index is 1.65. The Labute approximate surface area is 159 Å². The van der Waals surface area contributed by atoms with Crippen LogP contribution in [0.25, 0.3) is 5.69 Å². The molecule has 9 heteroatoms. The minimum atomic E-state index is -0.537. The van der Waals surface area contributed by atoms with Gasteiger partial charge in [-0.2, -0.15) is 0 Å². The van der Waals surface area contributed by atoms with E-state index < -0.39 is 6.04 Å². The fraction of sp³-hybridized carbons (Fsp3) is 0.105. The molecule has 0 spiro atoms. The van der Waals surface area contributed by atoms with Gasteiger partial charge in [-0.1, -0.05) is 18.2 Å². The van der Waals surface area contributed by atoms with Crippen molar-refractivity contribution in [1.29, 1.82) is 0 Å². The van der Waals surface area contributed by atoms with E-state index in [1.165, 1.54) is 23.1 Å². The SMILES string of the molecule is Cn1ccnc1[C@H](NC(=O)c1cccc(-n2cnnn2)c1)c1ccc(F)cc1. The Hall–Kier alpha value is -3.88. The van der Waals surface area contributed by atoms with Crippen molar-refractivity contribution in [2.75, 3.05) is 0 Å². The molecule has 2 aromatic carbocycles. The number of benzene rings is 2. The first kappa shape index (κ1) is 17.5. The summed E-state index contributed by atoms with van der Waals surface area (Å²) in [7, 11) is 1.84. The molecular weight excluding hydrogens is 361 g/mol. The van der Waals surface area contributed by atoms with E-state index >= 15 is 0 Å². The second-order valence-corrected chi connectivity index (χ2v) is 6.16. The molecule has 0 radical (unpaired) electrons. The largest absolute Gasteiger partial charge is 0.338 e. The molecule has 1 N–H and O–H groups in total. The van der Waals surface area contributed by atoms with Crippen molar-refractivity contribution in [3.05, 3.63) is 90.0 Å². The van der Waals surface area contributed by atoms with E-state index in [1.54, 1.807) is 48.8 Å². The maximum absolute atomic E-state index is 13.4. The third kappa shape index (κ3) is 3.50. The zero-order chi connectivity index (χ0) is 19.5. The van der Waals surface area contributed by atoms with Gasteiger partial charge in [0.15, 0.2) is 0 Å². The maximum atomic E-state index is 13.4. The highest BCUT2D eigenvalue weighted by Crippen LogP contribution is 2.22. The smallest absolute Gasteiger partial charge is 0.252 e. The van der Waals surface area contributed by atoms with Gasteiger partial charge in [0.05, 0.1) is 5.69 Å². The molecule has 0 bridgehead atoms. The Morgan fingerprint density at radius 3 is 2.68 bits per heavy atom. The van der Waals surface area contributed by atoms with Crippen LogP contribution in [0.15, 0.2) is 67.3 Å². The topological polar surface area (TPSA) is 90.5 Å². The number of carbonyl (C=O) groups is 1. The molecule has 1 atom stereocenters. The van der Waals surface area contributed by atoms with Crippen molar-refractivity contribution in [1.82, 2.24) is 35.1 Å². The van der Waals surface area contributed by atoms with Gasteiger partial charge < -0.3 is 9.88 Å². The van der Waals surface area contributed by atoms with Gasteiger partial charge in [0.1, 0.15) is 24.0 Å².